The number of nitro benzene ring substituents is 1. The lowest BCUT2D eigenvalue weighted by molar-refractivity contribution is -0.384. The molecule has 3 aromatic carbocycles. The summed E-state index contributed by atoms with van der Waals surface area (Å²) in [6.07, 6.45) is 0. The predicted molar refractivity (Wildman–Crippen MR) is 122 cm³/mol. The zero-order chi connectivity index (χ0) is 22.4. The topological polar surface area (TPSA) is 113 Å². The van der Waals surface area contributed by atoms with Gasteiger partial charge in [0.25, 0.3) is 17.5 Å². The van der Waals surface area contributed by atoms with Crippen LogP contribution in [0.4, 0.5) is 17.1 Å². The number of nitrogens with one attached hydrogen (secondary N) is 3. The minimum absolute atomic E-state index is 0.0352. The van der Waals surface area contributed by atoms with E-state index < -0.39 is 10.8 Å². The number of hydrogen-bond acceptors (Lipinski definition) is 5. The Morgan fingerprint density at radius 3 is 2.03 bits per heavy atom. The number of non-ortho nitro benzene ring substituents is 1. The van der Waals surface area contributed by atoms with E-state index in [9.17, 15) is 19.7 Å². The summed E-state index contributed by atoms with van der Waals surface area (Å²) in [6.45, 7) is 1.91. The molecule has 9 heteroatoms. The summed E-state index contributed by atoms with van der Waals surface area (Å²) in [6, 6.07) is 19.4. The number of aryl methyl sites for hydroxylation is 1. The molecule has 0 aliphatic carbocycles. The number of thiocarbonyl (C=S) groups is 1. The highest BCUT2D eigenvalue weighted by Crippen LogP contribution is 2.16. The van der Waals surface area contributed by atoms with Gasteiger partial charge in [0.15, 0.2) is 5.11 Å². The van der Waals surface area contributed by atoms with Gasteiger partial charge in [0, 0.05) is 34.6 Å². The number of nitro groups is 1. The molecule has 0 aliphatic rings. The molecule has 0 fully saturated rings. The van der Waals surface area contributed by atoms with Crippen molar-refractivity contribution in [3.63, 3.8) is 0 Å². The molecule has 0 heterocycles. The molecule has 3 N–H and O–H groups in total. The first-order valence-corrected chi connectivity index (χ1v) is 9.57. The Balaban J connectivity index is 1.57. The highest BCUT2D eigenvalue weighted by atomic mass is 32.1. The summed E-state index contributed by atoms with van der Waals surface area (Å²) in [4.78, 5) is 34.8. The van der Waals surface area contributed by atoms with Crippen LogP contribution in [0.15, 0.2) is 72.8 Å². The minimum atomic E-state index is -0.577. The highest BCUT2D eigenvalue weighted by molar-refractivity contribution is 7.80. The first-order valence-electron chi connectivity index (χ1n) is 9.17. The maximum absolute atomic E-state index is 12.3. The van der Waals surface area contributed by atoms with Gasteiger partial charge in [-0.2, -0.15) is 0 Å². The van der Waals surface area contributed by atoms with E-state index in [1.165, 1.54) is 24.3 Å². The lowest BCUT2D eigenvalue weighted by Crippen LogP contribution is -2.34. The third-order valence-corrected chi connectivity index (χ3v) is 4.43. The number of benzene rings is 3. The van der Waals surface area contributed by atoms with Gasteiger partial charge in [-0.25, -0.2) is 0 Å². The molecule has 8 nitrogen and oxygen atoms in total. The second kappa shape index (κ2) is 9.59. The Kier molecular flexibility index (Phi) is 6.68. The molecule has 3 aromatic rings. The molecule has 0 bridgehead atoms. The monoisotopic (exact) mass is 434 g/mol. The van der Waals surface area contributed by atoms with E-state index in [1.807, 2.05) is 19.1 Å². The van der Waals surface area contributed by atoms with E-state index >= 15 is 0 Å². The molecule has 0 radical (unpaired) electrons. The van der Waals surface area contributed by atoms with Crippen molar-refractivity contribution in [1.82, 2.24) is 5.32 Å². The molecular weight excluding hydrogens is 416 g/mol. The first kappa shape index (κ1) is 21.6. The van der Waals surface area contributed by atoms with Gasteiger partial charge in [0.1, 0.15) is 0 Å². The van der Waals surface area contributed by atoms with E-state index in [-0.39, 0.29) is 22.3 Å². The van der Waals surface area contributed by atoms with Crippen LogP contribution in [0, 0.1) is 17.0 Å². The van der Waals surface area contributed by atoms with Crippen LogP contribution in [0.25, 0.3) is 0 Å². The maximum atomic E-state index is 12.3. The zero-order valence-electron chi connectivity index (χ0n) is 16.4. The number of carbonyl (C=O) groups is 2. The molecule has 0 atom stereocenters. The molecule has 0 saturated heterocycles. The van der Waals surface area contributed by atoms with Crippen LogP contribution < -0.4 is 16.0 Å². The fraction of sp³-hybridized carbons (Fsp3) is 0.0455. The summed E-state index contributed by atoms with van der Waals surface area (Å²) < 4.78 is 0. The van der Waals surface area contributed by atoms with Gasteiger partial charge in [0.2, 0.25) is 0 Å². The Labute approximate surface area is 183 Å². The van der Waals surface area contributed by atoms with Crippen molar-refractivity contribution in [3.8, 4) is 0 Å². The van der Waals surface area contributed by atoms with Crippen molar-refractivity contribution in [2.75, 3.05) is 10.6 Å². The van der Waals surface area contributed by atoms with E-state index in [0.717, 1.165) is 5.56 Å². The van der Waals surface area contributed by atoms with Crippen molar-refractivity contribution in [2.24, 2.45) is 0 Å². The lowest BCUT2D eigenvalue weighted by Gasteiger charge is -2.11. The van der Waals surface area contributed by atoms with Gasteiger partial charge in [0.05, 0.1) is 4.92 Å². The molecule has 31 heavy (non-hydrogen) atoms. The van der Waals surface area contributed by atoms with Crippen LogP contribution in [0.5, 0.6) is 0 Å². The van der Waals surface area contributed by atoms with Crippen molar-refractivity contribution in [2.45, 2.75) is 6.92 Å². The summed E-state index contributed by atoms with van der Waals surface area (Å²) in [5.74, 6) is -0.785. The first-order chi connectivity index (χ1) is 14.8. The Morgan fingerprint density at radius 2 is 1.42 bits per heavy atom. The van der Waals surface area contributed by atoms with E-state index in [2.05, 4.69) is 16.0 Å². The Morgan fingerprint density at radius 1 is 0.839 bits per heavy atom. The maximum Gasteiger partial charge on any atom is 0.270 e. The third kappa shape index (κ3) is 5.94. The molecule has 0 saturated carbocycles. The minimum Gasteiger partial charge on any atom is -0.332 e. The van der Waals surface area contributed by atoms with E-state index in [4.69, 9.17) is 12.2 Å². The van der Waals surface area contributed by atoms with Crippen molar-refractivity contribution in [3.05, 3.63) is 99.6 Å². The Bertz CT molecular complexity index is 1160. The van der Waals surface area contributed by atoms with Crippen LogP contribution in [0.1, 0.15) is 26.3 Å². The van der Waals surface area contributed by atoms with E-state index in [1.54, 1.807) is 36.4 Å². The largest absolute Gasteiger partial charge is 0.332 e. The van der Waals surface area contributed by atoms with Gasteiger partial charge in [-0.3, -0.25) is 25.0 Å². The summed E-state index contributed by atoms with van der Waals surface area (Å²) >= 11 is 5.13. The van der Waals surface area contributed by atoms with Crippen molar-refractivity contribution in [1.29, 1.82) is 0 Å². The van der Waals surface area contributed by atoms with Crippen LogP contribution in [-0.2, 0) is 0 Å². The smallest absolute Gasteiger partial charge is 0.270 e. The summed E-state index contributed by atoms with van der Waals surface area (Å²) in [7, 11) is 0. The molecule has 0 spiro atoms. The van der Waals surface area contributed by atoms with Crippen LogP contribution in [0.3, 0.4) is 0 Å². The number of anilines is 2. The average molecular weight is 434 g/mol. The van der Waals surface area contributed by atoms with Crippen LogP contribution >= 0.6 is 12.2 Å². The fourth-order valence-corrected chi connectivity index (χ4v) is 2.94. The number of rotatable bonds is 5. The molecular formula is C22H18N4O4S. The normalized spacial score (nSPS) is 10.1. The number of carbonyl (C=O) groups excluding carboxylic acids is 2. The quantitative estimate of drug-likeness (QED) is 0.314. The fourth-order valence-electron chi connectivity index (χ4n) is 2.72. The second-order valence-electron chi connectivity index (χ2n) is 6.62. The van der Waals surface area contributed by atoms with Crippen LogP contribution in [0.2, 0.25) is 0 Å². The van der Waals surface area contributed by atoms with Crippen LogP contribution in [-0.4, -0.2) is 21.9 Å². The number of nitrogens with zero attached hydrogens (tertiary/aromatic N) is 1. The number of amides is 2. The van der Waals surface area contributed by atoms with Crippen molar-refractivity contribution >= 4 is 46.2 Å². The van der Waals surface area contributed by atoms with Gasteiger partial charge in [-0.15, -0.1) is 0 Å². The van der Waals surface area contributed by atoms with E-state index in [0.29, 0.717) is 16.9 Å². The van der Waals surface area contributed by atoms with Gasteiger partial charge < -0.3 is 10.6 Å². The molecule has 3 rings (SSSR count). The van der Waals surface area contributed by atoms with Gasteiger partial charge in [-0.05, 0) is 61.6 Å². The van der Waals surface area contributed by atoms with Gasteiger partial charge >= 0.3 is 0 Å². The lowest BCUT2D eigenvalue weighted by atomic mass is 10.1. The molecule has 2 amide bonds. The zero-order valence-corrected chi connectivity index (χ0v) is 17.2. The number of hydrogen-bond donors (Lipinski definition) is 3. The standard InChI is InChI=1S/C22H18N4O4S/c1-14-4-2-5-15(12-14)20(27)23-17-8-10-18(11-9-17)24-22(31)25-21(28)16-6-3-7-19(13-16)26(29)30/h2-13H,1H3,(H,23,27)(H2,24,25,28,31). The molecule has 156 valence electrons. The average Bonchev–Trinajstić information content (AvgIpc) is 2.75. The highest BCUT2D eigenvalue weighted by Gasteiger charge is 2.13. The molecule has 0 unspecified atom stereocenters. The van der Waals surface area contributed by atoms with Crippen molar-refractivity contribution < 1.29 is 14.5 Å². The predicted octanol–water partition coefficient (Wildman–Crippen LogP) is 4.28. The second-order valence-corrected chi connectivity index (χ2v) is 7.02. The molecule has 0 aliphatic heterocycles. The molecule has 0 aromatic heterocycles. The summed E-state index contributed by atoms with van der Waals surface area (Å²) in [5, 5.41) is 19.0. The third-order valence-electron chi connectivity index (χ3n) is 4.23. The SMILES string of the molecule is Cc1cccc(C(=O)Nc2ccc(NC(=S)NC(=O)c3cccc([N+](=O)[O-])c3)cc2)c1. The van der Waals surface area contributed by atoms with Gasteiger partial charge in [-0.1, -0.05) is 23.8 Å². The summed E-state index contributed by atoms with van der Waals surface area (Å²) in [5.41, 5.74) is 2.68. The Hall–Kier alpha value is -4.11.